The molecule has 10 heteroatoms. The molecular weight excluding hydrogens is 396 g/mol. The molecule has 0 radical (unpaired) electrons. The van der Waals surface area contributed by atoms with Gasteiger partial charge in [-0.1, -0.05) is 6.07 Å². The van der Waals surface area contributed by atoms with E-state index in [0.29, 0.717) is 5.69 Å². The minimum Gasteiger partial charge on any atom is -0.369 e. The minimum atomic E-state index is -0.773. The fraction of sp³-hybridized carbons (Fsp3) is 0.190. The number of hydrogen-bond donors (Lipinski definition) is 3. The van der Waals surface area contributed by atoms with Crippen LogP contribution in [0, 0.1) is 11.3 Å². The molecular formula is C21H20N8O2. The van der Waals surface area contributed by atoms with Crippen molar-refractivity contribution in [3.05, 3.63) is 65.7 Å². The molecule has 0 unspecified atom stereocenters. The summed E-state index contributed by atoms with van der Waals surface area (Å²) in [5.74, 6) is -1.35. The number of carbonyl (C=O) groups is 2. The number of anilines is 2. The van der Waals surface area contributed by atoms with Gasteiger partial charge in [0.1, 0.15) is 17.5 Å². The number of aromatic nitrogens is 3. The maximum Gasteiger partial charge on any atom is 0.274 e. The summed E-state index contributed by atoms with van der Waals surface area (Å²) in [6.07, 6.45) is 1.52. The van der Waals surface area contributed by atoms with Crippen molar-refractivity contribution in [3.8, 4) is 11.8 Å². The Labute approximate surface area is 178 Å². The zero-order chi connectivity index (χ0) is 21.8. The van der Waals surface area contributed by atoms with E-state index in [1.165, 1.54) is 23.0 Å². The lowest BCUT2D eigenvalue weighted by atomic mass is 10.2. The smallest absolute Gasteiger partial charge is 0.274 e. The lowest BCUT2D eigenvalue weighted by Crippen LogP contribution is -2.43. The Kier molecular flexibility index (Phi) is 5.59. The number of carbonyl (C=O) groups excluding carboxylic acids is 2. The van der Waals surface area contributed by atoms with Gasteiger partial charge in [-0.05, 0) is 36.4 Å². The van der Waals surface area contributed by atoms with Gasteiger partial charge in [0.15, 0.2) is 5.69 Å². The third-order valence-corrected chi connectivity index (χ3v) is 4.89. The topological polar surface area (TPSA) is 142 Å². The highest BCUT2D eigenvalue weighted by molar-refractivity contribution is 6.07. The molecule has 0 spiro atoms. The van der Waals surface area contributed by atoms with Crippen LogP contribution >= 0.6 is 0 Å². The molecule has 3 aromatic rings. The van der Waals surface area contributed by atoms with Gasteiger partial charge in [0.2, 0.25) is 0 Å². The largest absolute Gasteiger partial charge is 0.369 e. The van der Waals surface area contributed by atoms with E-state index in [-0.39, 0.29) is 22.8 Å². The van der Waals surface area contributed by atoms with E-state index in [4.69, 9.17) is 11.0 Å². The number of amides is 2. The van der Waals surface area contributed by atoms with Crippen LogP contribution in [0.15, 0.2) is 48.7 Å². The summed E-state index contributed by atoms with van der Waals surface area (Å²) in [4.78, 5) is 30.6. The molecule has 31 heavy (non-hydrogen) atoms. The van der Waals surface area contributed by atoms with Crippen molar-refractivity contribution in [3.63, 3.8) is 0 Å². The van der Waals surface area contributed by atoms with Crippen LogP contribution < -0.4 is 21.3 Å². The second-order valence-electron chi connectivity index (χ2n) is 6.93. The molecule has 1 fully saturated rings. The lowest BCUT2D eigenvalue weighted by Gasteiger charge is -2.29. The number of benzene rings is 1. The van der Waals surface area contributed by atoms with E-state index in [9.17, 15) is 9.59 Å². The molecule has 2 aromatic heterocycles. The first-order valence-electron chi connectivity index (χ1n) is 9.69. The van der Waals surface area contributed by atoms with Crippen LogP contribution in [0.25, 0.3) is 5.69 Å². The van der Waals surface area contributed by atoms with Crippen LogP contribution in [0.1, 0.15) is 26.7 Å². The molecule has 0 saturated carbocycles. The molecule has 3 heterocycles. The molecule has 2 amide bonds. The van der Waals surface area contributed by atoms with Gasteiger partial charge in [0, 0.05) is 31.9 Å². The highest BCUT2D eigenvalue weighted by Gasteiger charge is 2.19. The molecule has 1 saturated heterocycles. The Morgan fingerprint density at radius 1 is 1.10 bits per heavy atom. The predicted molar refractivity (Wildman–Crippen MR) is 114 cm³/mol. The number of nitriles is 1. The van der Waals surface area contributed by atoms with Crippen molar-refractivity contribution in [1.82, 2.24) is 20.1 Å². The number of piperazine rings is 1. The van der Waals surface area contributed by atoms with Gasteiger partial charge in [-0.25, -0.2) is 9.67 Å². The maximum atomic E-state index is 12.5. The standard InChI is InChI=1S/C21H20N8O2/c22-12-14-2-1-3-17(25-14)21(31)26-18-13-29(27-19(18)20(23)30)16-6-4-15(5-7-16)28-10-8-24-9-11-28/h1-7,13,24H,8-11H2,(H2,23,30)(H,26,31). The SMILES string of the molecule is N#Cc1cccc(C(=O)Nc2cn(-c3ccc(N4CCNCC4)cc3)nc2C(N)=O)n1. The van der Waals surface area contributed by atoms with Crippen molar-refractivity contribution < 1.29 is 9.59 Å². The van der Waals surface area contributed by atoms with E-state index in [1.807, 2.05) is 30.3 Å². The number of primary amides is 1. The molecule has 10 nitrogen and oxygen atoms in total. The fourth-order valence-electron chi connectivity index (χ4n) is 3.33. The summed E-state index contributed by atoms with van der Waals surface area (Å²) in [7, 11) is 0. The highest BCUT2D eigenvalue weighted by Crippen LogP contribution is 2.21. The summed E-state index contributed by atoms with van der Waals surface area (Å²) < 4.78 is 1.48. The molecule has 0 bridgehead atoms. The number of nitrogens with one attached hydrogen (secondary N) is 2. The Morgan fingerprint density at radius 3 is 2.48 bits per heavy atom. The molecule has 0 atom stereocenters. The van der Waals surface area contributed by atoms with Gasteiger partial charge >= 0.3 is 0 Å². The van der Waals surface area contributed by atoms with E-state index < -0.39 is 11.8 Å². The normalized spacial score (nSPS) is 13.5. The zero-order valence-electron chi connectivity index (χ0n) is 16.6. The number of nitrogens with two attached hydrogens (primary N) is 1. The van der Waals surface area contributed by atoms with Gasteiger partial charge < -0.3 is 21.3 Å². The number of hydrogen-bond acceptors (Lipinski definition) is 7. The minimum absolute atomic E-state index is 0.0441. The molecule has 4 rings (SSSR count). The van der Waals surface area contributed by atoms with E-state index >= 15 is 0 Å². The van der Waals surface area contributed by atoms with Gasteiger partial charge in [0.05, 0.1) is 17.6 Å². The molecule has 1 aliphatic heterocycles. The number of rotatable bonds is 5. The number of nitrogens with zero attached hydrogens (tertiary/aromatic N) is 5. The predicted octanol–water partition coefficient (Wildman–Crippen LogP) is 0.900. The van der Waals surface area contributed by atoms with Crippen LogP contribution in [0.4, 0.5) is 11.4 Å². The Hall–Kier alpha value is -4.23. The van der Waals surface area contributed by atoms with Crippen molar-refractivity contribution in [2.24, 2.45) is 5.73 Å². The third-order valence-electron chi connectivity index (χ3n) is 4.89. The monoisotopic (exact) mass is 416 g/mol. The second-order valence-corrected chi connectivity index (χ2v) is 6.93. The average molecular weight is 416 g/mol. The lowest BCUT2D eigenvalue weighted by molar-refractivity contribution is 0.0996. The summed E-state index contributed by atoms with van der Waals surface area (Å²) in [5, 5.41) is 19.1. The Balaban J connectivity index is 1.57. The van der Waals surface area contributed by atoms with Crippen molar-refractivity contribution >= 4 is 23.2 Å². The van der Waals surface area contributed by atoms with Gasteiger partial charge in [-0.2, -0.15) is 10.4 Å². The zero-order valence-corrected chi connectivity index (χ0v) is 16.6. The quantitative estimate of drug-likeness (QED) is 0.561. The van der Waals surface area contributed by atoms with E-state index in [2.05, 4.69) is 25.6 Å². The molecule has 1 aliphatic rings. The first-order valence-corrected chi connectivity index (χ1v) is 9.69. The summed E-state index contributed by atoms with van der Waals surface area (Å²) >= 11 is 0. The first kappa shape index (κ1) is 20.1. The van der Waals surface area contributed by atoms with Crippen molar-refractivity contribution in [2.45, 2.75) is 0 Å². The van der Waals surface area contributed by atoms with Crippen LogP contribution in [-0.2, 0) is 0 Å². The fourth-order valence-corrected chi connectivity index (χ4v) is 3.33. The Morgan fingerprint density at radius 2 is 1.81 bits per heavy atom. The van der Waals surface area contributed by atoms with Crippen LogP contribution in [0.5, 0.6) is 0 Å². The maximum absolute atomic E-state index is 12.5. The molecule has 1 aromatic carbocycles. The van der Waals surface area contributed by atoms with Gasteiger partial charge in [-0.15, -0.1) is 0 Å². The van der Waals surface area contributed by atoms with Crippen LogP contribution in [-0.4, -0.2) is 52.8 Å². The van der Waals surface area contributed by atoms with E-state index in [1.54, 1.807) is 6.07 Å². The van der Waals surface area contributed by atoms with E-state index in [0.717, 1.165) is 31.9 Å². The summed E-state index contributed by atoms with van der Waals surface area (Å²) in [5.41, 5.74) is 7.51. The second kappa shape index (κ2) is 8.64. The average Bonchev–Trinajstić information content (AvgIpc) is 3.24. The highest BCUT2D eigenvalue weighted by atomic mass is 16.2. The number of pyridine rings is 1. The molecule has 156 valence electrons. The first-order chi connectivity index (χ1) is 15.0. The summed E-state index contributed by atoms with van der Waals surface area (Å²) in [6.45, 7) is 3.75. The molecule has 0 aliphatic carbocycles. The van der Waals surface area contributed by atoms with Crippen LogP contribution in [0.2, 0.25) is 0 Å². The van der Waals surface area contributed by atoms with Crippen molar-refractivity contribution in [2.75, 3.05) is 36.4 Å². The van der Waals surface area contributed by atoms with Gasteiger partial charge in [0.25, 0.3) is 11.8 Å². The molecule has 4 N–H and O–H groups in total. The Bertz CT molecular complexity index is 1160. The van der Waals surface area contributed by atoms with Crippen molar-refractivity contribution in [1.29, 1.82) is 5.26 Å². The van der Waals surface area contributed by atoms with Gasteiger partial charge in [-0.3, -0.25) is 9.59 Å². The third kappa shape index (κ3) is 4.36. The summed E-state index contributed by atoms with van der Waals surface area (Å²) in [6, 6.07) is 14.2. The van der Waals surface area contributed by atoms with Crippen LogP contribution in [0.3, 0.4) is 0 Å².